The van der Waals surface area contributed by atoms with Crippen molar-refractivity contribution in [2.45, 2.75) is 18.1 Å². The van der Waals surface area contributed by atoms with Crippen LogP contribution in [0.2, 0.25) is 0 Å². The van der Waals surface area contributed by atoms with Crippen LogP contribution in [0, 0.1) is 5.82 Å². The van der Waals surface area contributed by atoms with Gasteiger partial charge in [0.2, 0.25) is 0 Å². The zero-order chi connectivity index (χ0) is 14.1. The lowest BCUT2D eigenvalue weighted by atomic mass is 9.96. The van der Waals surface area contributed by atoms with Crippen molar-refractivity contribution in [3.63, 3.8) is 0 Å². The molecule has 1 aromatic rings. The van der Waals surface area contributed by atoms with Crippen LogP contribution in [0.3, 0.4) is 0 Å². The van der Waals surface area contributed by atoms with E-state index in [4.69, 9.17) is 10.8 Å². The first kappa shape index (κ1) is 18.0. The monoisotopic (exact) mass is 309 g/mol. The molecule has 0 bridgehead atoms. The van der Waals surface area contributed by atoms with Crippen molar-refractivity contribution in [2.75, 3.05) is 6.61 Å². The van der Waals surface area contributed by atoms with Crippen LogP contribution < -0.4 is 5.73 Å². The van der Waals surface area contributed by atoms with Gasteiger partial charge in [-0.05, 0) is 17.7 Å². The van der Waals surface area contributed by atoms with Gasteiger partial charge in [-0.3, -0.25) is 0 Å². The van der Waals surface area contributed by atoms with E-state index in [2.05, 4.69) is 0 Å². The summed E-state index contributed by atoms with van der Waals surface area (Å²) in [6.07, 6.45) is -5.01. The summed E-state index contributed by atoms with van der Waals surface area (Å²) in [4.78, 5) is 0. The summed E-state index contributed by atoms with van der Waals surface area (Å²) in [6, 6.07) is -1.16. The van der Waals surface area contributed by atoms with Crippen LogP contribution in [-0.2, 0) is 6.18 Å². The molecule has 0 saturated heterocycles. The zero-order valence-electron chi connectivity index (χ0n) is 9.22. The minimum atomic E-state index is -5.01. The van der Waals surface area contributed by atoms with Gasteiger partial charge in [-0.1, -0.05) is 6.07 Å². The maximum absolute atomic E-state index is 13.1. The highest BCUT2D eigenvalue weighted by Gasteiger charge is 2.43. The van der Waals surface area contributed by atoms with E-state index in [0.717, 1.165) is 0 Å². The Morgan fingerprint density at radius 3 is 2.11 bits per heavy atom. The molecule has 0 heterocycles. The van der Waals surface area contributed by atoms with Crippen molar-refractivity contribution in [2.24, 2.45) is 5.73 Å². The normalized spacial score (nSPS) is 13.9. The molecule has 2 nitrogen and oxygen atoms in total. The minimum absolute atomic E-state index is 0. The van der Waals surface area contributed by atoms with Gasteiger partial charge < -0.3 is 10.8 Å². The summed E-state index contributed by atoms with van der Waals surface area (Å²) in [6.45, 7) is -1.71. The third-order valence-electron chi connectivity index (χ3n) is 2.32. The second-order valence-electron chi connectivity index (χ2n) is 3.63. The molecule has 0 unspecified atom stereocenters. The maximum Gasteiger partial charge on any atom is 0.416 e. The highest BCUT2D eigenvalue weighted by atomic mass is 35.5. The molecule has 0 aromatic heterocycles. The van der Waals surface area contributed by atoms with E-state index in [1.165, 1.54) is 0 Å². The first-order chi connectivity index (χ1) is 8.09. The van der Waals surface area contributed by atoms with Crippen molar-refractivity contribution >= 4 is 12.4 Å². The average Bonchev–Trinajstić information content (AvgIpc) is 2.27. The Balaban J connectivity index is 0.00000324. The highest BCUT2D eigenvalue weighted by Crippen LogP contribution is 2.38. The Morgan fingerprint density at radius 1 is 1.16 bits per heavy atom. The maximum atomic E-state index is 13.1. The third-order valence-corrected chi connectivity index (χ3v) is 2.32. The van der Waals surface area contributed by atoms with Gasteiger partial charge in [0.05, 0.1) is 11.6 Å². The predicted molar refractivity (Wildman–Crippen MR) is 57.6 cm³/mol. The van der Waals surface area contributed by atoms with Crippen LogP contribution in [0.25, 0.3) is 0 Å². The Bertz CT molecular complexity index is 437. The molecule has 1 aromatic carbocycles. The summed E-state index contributed by atoms with van der Waals surface area (Å²) in [5.74, 6) is -5.15. The van der Waals surface area contributed by atoms with Crippen LogP contribution in [0.4, 0.5) is 26.3 Å². The van der Waals surface area contributed by atoms with E-state index in [1.54, 1.807) is 0 Å². The first-order valence-electron chi connectivity index (χ1n) is 4.70. The summed E-state index contributed by atoms with van der Waals surface area (Å²) in [5, 5.41) is 8.39. The van der Waals surface area contributed by atoms with Gasteiger partial charge in [0.25, 0.3) is 5.92 Å². The number of nitrogens with two attached hydrogens (primary N) is 1. The van der Waals surface area contributed by atoms with Gasteiger partial charge in [-0.25, -0.2) is 13.2 Å². The van der Waals surface area contributed by atoms with Crippen LogP contribution in [0.5, 0.6) is 0 Å². The predicted octanol–water partition coefficient (Wildman–Crippen LogP) is 2.89. The first-order valence-corrected chi connectivity index (χ1v) is 4.70. The van der Waals surface area contributed by atoms with Crippen molar-refractivity contribution in [3.8, 4) is 0 Å². The lowest BCUT2D eigenvalue weighted by molar-refractivity contribution is -0.140. The Morgan fingerprint density at radius 2 is 1.68 bits per heavy atom. The zero-order valence-corrected chi connectivity index (χ0v) is 10.0. The summed E-state index contributed by atoms with van der Waals surface area (Å²) in [7, 11) is 0. The third kappa shape index (κ3) is 3.99. The molecule has 1 atom stereocenters. The summed E-state index contributed by atoms with van der Waals surface area (Å²) >= 11 is 0. The van der Waals surface area contributed by atoms with Gasteiger partial charge in [0.1, 0.15) is 12.4 Å². The lowest BCUT2D eigenvalue weighted by Crippen LogP contribution is -2.37. The number of aliphatic hydroxyl groups is 1. The molecule has 0 aliphatic carbocycles. The van der Waals surface area contributed by atoms with Crippen LogP contribution >= 0.6 is 12.4 Å². The van der Waals surface area contributed by atoms with E-state index in [1.807, 2.05) is 0 Å². The fourth-order valence-corrected chi connectivity index (χ4v) is 1.37. The van der Waals surface area contributed by atoms with Gasteiger partial charge in [0.15, 0.2) is 0 Å². The van der Waals surface area contributed by atoms with Crippen molar-refractivity contribution in [1.29, 1.82) is 0 Å². The fraction of sp³-hybridized carbons (Fsp3) is 0.400. The number of rotatable bonds is 3. The topological polar surface area (TPSA) is 46.2 Å². The van der Waals surface area contributed by atoms with Crippen LogP contribution in [-0.4, -0.2) is 17.6 Å². The van der Waals surface area contributed by atoms with Gasteiger partial charge >= 0.3 is 6.18 Å². The molecular weight excluding hydrogens is 300 g/mol. The fourth-order valence-electron chi connectivity index (χ4n) is 1.37. The largest absolute Gasteiger partial charge is 0.416 e. The number of hydrogen-bond acceptors (Lipinski definition) is 2. The molecule has 9 heteroatoms. The Hall–Kier alpha value is -0.990. The summed E-state index contributed by atoms with van der Waals surface area (Å²) < 4.78 is 76.5. The van der Waals surface area contributed by atoms with Crippen LogP contribution in [0.1, 0.15) is 17.2 Å². The van der Waals surface area contributed by atoms with E-state index >= 15 is 0 Å². The van der Waals surface area contributed by atoms with E-state index < -0.39 is 41.7 Å². The SMILES string of the molecule is Cl.N[C@@H](c1ccc(F)cc1C(F)(F)F)C(F)(F)CO. The Labute approximate surface area is 110 Å². The second-order valence-corrected chi connectivity index (χ2v) is 3.63. The van der Waals surface area contributed by atoms with Crippen molar-refractivity contribution in [3.05, 3.63) is 35.1 Å². The summed E-state index contributed by atoms with van der Waals surface area (Å²) in [5.41, 5.74) is 2.45. The van der Waals surface area contributed by atoms with E-state index in [-0.39, 0.29) is 18.5 Å². The number of benzene rings is 1. The molecule has 19 heavy (non-hydrogen) atoms. The van der Waals surface area contributed by atoms with Gasteiger partial charge in [-0.15, -0.1) is 12.4 Å². The minimum Gasteiger partial charge on any atom is -0.390 e. The Kier molecular flexibility index (Phi) is 5.66. The molecule has 0 spiro atoms. The molecule has 0 aliphatic rings. The molecular formula is C10H10ClF6NO. The molecule has 0 saturated carbocycles. The smallest absolute Gasteiger partial charge is 0.390 e. The number of alkyl halides is 5. The van der Waals surface area contributed by atoms with Crippen molar-refractivity contribution in [1.82, 2.24) is 0 Å². The van der Waals surface area contributed by atoms with Gasteiger partial charge in [-0.2, -0.15) is 13.2 Å². The molecule has 0 aliphatic heterocycles. The molecule has 0 radical (unpaired) electrons. The standard InChI is InChI=1S/C10H9F6NO.ClH/c11-5-1-2-6(7(3-5)10(14,15)16)8(17)9(12,13)4-18;/h1-3,8,18H,4,17H2;1H/t8-;/m0./s1. The number of aliphatic hydroxyl groups excluding tert-OH is 1. The highest BCUT2D eigenvalue weighted by molar-refractivity contribution is 5.85. The van der Waals surface area contributed by atoms with E-state index in [0.29, 0.717) is 12.1 Å². The van der Waals surface area contributed by atoms with Crippen LogP contribution in [0.15, 0.2) is 18.2 Å². The molecule has 1 rings (SSSR count). The number of hydrogen-bond donors (Lipinski definition) is 2. The molecule has 0 amide bonds. The van der Waals surface area contributed by atoms with Gasteiger partial charge in [0, 0.05) is 0 Å². The lowest BCUT2D eigenvalue weighted by Gasteiger charge is -2.24. The van der Waals surface area contributed by atoms with Crippen molar-refractivity contribution < 1.29 is 31.4 Å². The average molecular weight is 310 g/mol. The number of halogens is 7. The second kappa shape index (κ2) is 5.98. The molecule has 3 N–H and O–H groups in total. The molecule has 0 fully saturated rings. The quantitative estimate of drug-likeness (QED) is 0.843. The van der Waals surface area contributed by atoms with E-state index in [9.17, 15) is 26.3 Å². The molecule has 110 valence electrons.